The Kier molecular flexibility index (Phi) is 6.26. The second-order valence-electron chi connectivity index (χ2n) is 7.71. The number of fused-ring (bicyclic) bond motifs is 1. The summed E-state index contributed by atoms with van der Waals surface area (Å²) < 4.78 is 5.55. The van der Waals surface area contributed by atoms with Crippen LogP contribution in [0.2, 0.25) is 0 Å². The van der Waals surface area contributed by atoms with E-state index in [4.69, 9.17) is 16.2 Å². The Morgan fingerprint density at radius 1 is 0.970 bits per heavy atom. The number of nitrogens with one attached hydrogen (secondary N) is 1. The zero-order valence-electron chi connectivity index (χ0n) is 17.9. The first-order chi connectivity index (χ1) is 16.0. The van der Waals surface area contributed by atoms with Crippen LogP contribution >= 0.6 is 0 Å². The topological polar surface area (TPSA) is 128 Å². The molecule has 8 heteroatoms. The summed E-state index contributed by atoms with van der Waals surface area (Å²) in [6, 6.07) is 20.6. The molecule has 5 N–H and O–H groups in total. The van der Waals surface area contributed by atoms with Crippen molar-refractivity contribution in [3.8, 4) is 0 Å². The van der Waals surface area contributed by atoms with Gasteiger partial charge in [-0.1, -0.05) is 54.6 Å². The molecule has 1 aliphatic heterocycles. The van der Waals surface area contributed by atoms with Gasteiger partial charge in [0.2, 0.25) is 5.91 Å². The van der Waals surface area contributed by atoms with E-state index in [0.29, 0.717) is 18.5 Å². The molecule has 4 rings (SSSR count). The number of carbonyl (C=O) groups is 3. The predicted molar refractivity (Wildman–Crippen MR) is 126 cm³/mol. The lowest BCUT2D eigenvalue weighted by Crippen LogP contribution is -2.50. The maximum absolute atomic E-state index is 13.3. The van der Waals surface area contributed by atoms with E-state index in [2.05, 4.69) is 5.32 Å². The van der Waals surface area contributed by atoms with Crippen LogP contribution in [-0.4, -0.2) is 23.9 Å². The van der Waals surface area contributed by atoms with Gasteiger partial charge in [0.1, 0.15) is 12.6 Å². The number of primary amides is 1. The number of rotatable bonds is 5. The number of amides is 3. The van der Waals surface area contributed by atoms with Crippen LogP contribution in [0.15, 0.2) is 72.8 Å². The van der Waals surface area contributed by atoms with Crippen LogP contribution < -0.4 is 21.7 Å². The highest BCUT2D eigenvalue weighted by Gasteiger charge is 2.37. The second-order valence-corrected chi connectivity index (χ2v) is 7.71. The van der Waals surface area contributed by atoms with Gasteiger partial charge in [-0.2, -0.15) is 0 Å². The van der Waals surface area contributed by atoms with Gasteiger partial charge >= 0.3 is 6.09 Å². The fraction of sp³-hybridized carbons (Fsp3) is 0.160. The van der Waals surface area contributed by atoms with Crippen LogP contribution in [0.1, 0.15) is 27.9 Å². The third-order valence-electron chi connectivity index (χ3n) is 5.58. The Labute approximate surface area is 191 Å². The van der Waals surface area contributed by atoms with Gasteiger partial charge in [0.25, 0.3) is 5.91 Å². The van der Waals surface area contributed by atoms with Gasteiger partial charge in [0, 0.05) is 0 Å². The summed E-state index contributed by atoms with van der Waals surface area (Å²) in [7, 11) is 0. The first-order valence-corrected chi connectivity index (χ1v) is 10.5. The van der Waals surface area contributed by atoms with Crippen molar-refractivity contribution in [2.75, 3.05) is 16.0 Å². The van der Waals surface area contributed by atoms with Crippen molar-refractivity contribution < 1.29 is 19.1 Å². The molecule has 0 radical (unpaired) electrons. The van der Waals surface area contributed by atoms with Crippen molar-refractivity contribution in [3.05, 3.63) is 89.5 Å². The van der Waals surface area contributed by atoms with E-state index >= 15 is 0 Å². The molecule has 0 fully saturated rings. The highest BCUT2D eigenvalue weighted by molar-refractivity contribution is 6.07. The van der Waals surface area contributed by atoms with Gasteiger partial charge in [-0.25, -0.2) is 4.79 Å². The van der Waals surface area contributed by atoms with Crippen molar-refractivity contribution in [1.29, 1.82) is 0 Å². The molecule has 3 aromatic carbocycles. The average molecular weight is 444 g/mol. The number of nitrogen functional groups attached to an aromatic ring is 1. The third kappa shape index (κ3) is 4.64. The molecule has 1 atom stereocenters. The van der Waals surface area contributed by atoms with Gasteiger partial charge in [-0.15, -0.1) is 0 Å². The maximum atomic E-state index is 13.3. The van der Waals surface area contributed by atoms with E-state index in [1.165, 1.54) is 11.0 Å². The number of ether oxygens (including phenoxy) is 1. The summed E-state index contributed by atoms with van der Waals surface area (Å²) in [5.41, 5.74) is 14.2. The van der Waals surface area contributed by atoms with Gasteiger partial charge in [0.15, 0.2) is 0 Å². The SMILES string of the molecule is NC(=O)c1cccc(NC(=O)[C@@H]2CCc3ccccc3N2C(=O)OCc2ccccc2)c1N. The van der Waals surface area contributed by atoms with Crippen molar-refractivity contribution in [3.63, 3.8) is 0 Å². The Morgan fingerprint density at radius 3 is 2.45 bits per heavy atom. The van der Waals surface area contributed by atoms with Gasteiger partial charge < -0.3 is 21.5 Å². The molecule has 3 amide bonds. The monoisotopic (exact) mass is 444 g/mol. The molecule has 1 aliphatic rings. The van der Waals surface area contributed by atoms with E-state index in [1.54, 1.807) is 18.2 Å². The molecule has 0 unspecified atom stereocenters. The molecule has 0 saturated carbocycles. The number of benzene rings is 3. The minimum Gasteiger partial charge on any atom is -0.444 e. The van der Waals surface area contributed by atoms with Crippen LogP contribution in [0.3, 0.4) is 0 Å². The molecule has 0 spiro atoms. The Bertz CT molecular complexity index is 1200. The average Bonchev–Trinajstić information content (AvgIpc) is 2.83. The van der Waals surface area contributed by atoms with Crippen LogP contribution in [0, 0.1) is 0 Å². The molecule has 0 saturated heterocycles. The number of hydrogen-bond donors (Lipinski definition) is 3. The van der Waals surface area contributed by atoms with Crippen LogP contribution in [0.25, 0.3) is 0 Å². The van der Waals surface area contributed by atoms with E-state index in [9.17, 15) is 14.4 Å². The lowest BCUT2D eigenvalue weighted by molar-refractivity contribution is -0.117. The zero-order valence-corrected chi connectivity index (χ0v) is 17.9. The fourth-order valence-corrected chi connectivity index (χ4v) is 3.91. The molecule has 0 aromatic heterocycles. The summed E-state index contributed by atoms with van der Waals surface area (Å²) in [5, 5.41) is 2.74. The largest absolute Gasteiger partial charge is 0.444 e. The predicted octanol–water partition coefficient (Wildman–Crippen LogP) is 3.46. The minimum atomic E-state index is -0.820. The highest BCUT2D eigenvalue weighted by atomic mass is 16.6. The molecule has 0 bridgehead atoms. The van der Waals surface area contributed by atoms with Crippen molar-refractivity contribution >= 4 is 35.0 Å². The highest BCUT2D eigenvalue weighted by Crippen LogP contribution is 2.32. The summed E-state index contributed by atoms with van der Waals surface area (Å²) in [5.74, 6) is -1.13. The summed E-state index contributed by atoms with van der Waals surface area (Å²) in [6.07, 6.45) is 0.400. The molecule has 33 heavy (non-hydrogen) atoms. The van der Waals surface area contributed by atoms with E-state index in [1.807, 2.05) is 48.5 Å². The van der Waals surface area contributed by atoms with E-state index in [0.717, 1.165) is 11.1 Å². The number of para-hydroxylation sites is 2. The molecule has 1 heterocycles. The molecular formula is C25H24N4O4. The zero-order chi connectivity index (χ0) is 23.4. The number of nitrogens with zero attached hydrogens (tertiary/aromatic N) is 1. The summed E-state index contributed by atoms with van der Waals surface area (Å²) >= 11 is 0. The lowest BCUT2D eigenvalue weighted by atomic mass is 9.95. The third-order valence-corrected chi connectivity index (χ3v) is 5.58. The van der Waals surface area contributed by atoms with E-state index in [-0.39, 0.29) is 23.5 Å². The Morgan fingerprint density at radius 2 is 1.70 bits per heavy atom. The number of hydrogen-bond acceptors (Lipinski definition) is 5. The quantitative estimate of drug-likeness (QED) is 0.519. The first-order valence-electron chi connectivity index (χ1n) is 10.5. The van der Waals surface area contributed by atoms with E-state index < -0.39 is 23.9 Å². The molecule has 8 nitrogen and oxygen atoms in total. The number of anilines is 3. The summed E-state index contributed by atoms with van der Waals surface area (Å²) in [4.78, 5) is 39.4. The van der Waals surface area contributed by atoms with Crippen LogP contribution in [0.5, 0.6) is 0 Å². The molecular weight excluding hydrogens is 420 g/mol. The number of aryl methyl sites for hydroxylation is 1. The van der Waals surface area contributed by atoms with Crippen molar-refractivity contribution in [1.82, 2.24) is 0 Å². The second kappa shape index (κ2) is 9.44. The van der Waals surface area contributed by atoms with Crippen LogP contribution in [0.4, 0.5) is 21.9 Å². The van der Waals surface area contributed by atoms with Crippen molar-refractivity contribution in [2.24, 2.45) is 5.73 Å². The normalized spacial score (nSPS) is 14.8. The first kappa shape index (κ1) is 21.9. The van der Waals surface area contributed by atoms with Crippen molar-refractivity contribution in [2.45, 2.75) is 25.5 Å². The molecule has 0 aliphatic carbocycles. The lowest BCUT2D eigenvalue weighted by Gasteiger charge is -2.35. The maximum Gasteiger partial charge on any atom is 0.415 e. The minimum absolute atomic E-state index is 0.0766. The fourth-order valence-electron chi connectivity index (χ4n) is 3.91. The standard InChI is InChI=1S/C25H24N4O4/c26-22-18(23(27)30)10-6-11-19(22)28-24(31)21-14-13-17-9-4-5-12-20(17)29(21)25(32)33-15-16-7-2-1-3-8-16/h1-12,21H,13-15,26H2,(H2,27,30)(H,28,31)/t21-/m0/s1. The molecule has 168 valence electrons. The Balaban J connectivity index is 1.59. The molecule has 3 aromatic rings. The van der Waals surface area contributed by atoms with Gasteiger partial charge in [-0.05, 0) is 42.2 Å². The van der Waals surface area contributed by atoms with Gasteiger partial charge in [0.05, 0.1) is 22.6 Å². The smallest absolute Gasteiger partial charge is 0.415 e. The number of carbonyl (C=O) groups excluding carboxylic acids is 3. The number of nitrogens with two attached hydrogens (primary N) is 2. The van der Waals surface area contributed by atoms with Crippen LogP contribution in [-0.2, 0) is 22.6 Å². The Hall–Kier alpha value is -4.33. The summed E-state index contributed by atoms with van der Waals surface area (Å²) in [6.45, 7) is 0.0836. The van der Waals surface area contributed by atoms with Gasteiger partial charge in [-0.3, -0.25) is 14.5 Å².